The van der Waals surface area contributed by atoms with Crippen molar-refractivity contribution in [3.8, 4) is 20.9 Å². The fraction of sp³-hybridized carbons (Fsp3) is 0. The van der Waals surface area contributed by atoms with Crippen LogP contribution in [0.25, 0.3) is 106 Å². The number of para-hydroxylation sites is 2. The highest BCUT2D eigenvalue weighted by Gasteiger charge is 2.28. The highest BCUT2D eigenvalue weighted by Crippen LogP contribution is 2.53. The first-order valence-corrected chi connectivity index (χ1v) is 17.0. The maximum absolute atomic E-state index is 6.91. The van der Waals surface area contributed by atoms with Gasteiger partial charge in [0.05, 0.1) is 0 Å². The molecule has 2 nitrogen and oxygen atoms in total. The number of fused-ring (bicyclic) bond motifs is 10. The van der Waals surface area contributed by atoms with Gasteiger partial charge < -0.3 is 8.83 Å². The molecule has 0 atom stereocenters. The Bertz CT molecular complexity index is 2730. The summed E-state index contributed by atoms with van der Waals surface area (Å²) in [7, 11) is 0. The monoisotopic (exact) mass is 622 g/mol. The summed E-state index contributed by atoms with van der Waals surface area (Å²) in [5, 5.41) is 11.9. The van der Waals surface area contributed by atoms with E-state index in [1.54, 1.807) is 0 Å². The Morgan fingerprint density at radius 1 is 0.370 bits per heavy atom. The van der Waals surface area contributed by atoms with Crippen molar-refractivity contribution in [1.29, 1.82) is 0 Å². The Kier molecular flexibility index (Phi) is 4.90. The van der Waals surface area contributed by atoms with Gasteiger partial charge in [0.15, 0.2) is 0 Å². The normalized spacial score (nSPS) is 12.3. The Balaban J connectivity index is 1.32. The average Bonchev–Trinajstić information content (AvgIpc) is 3.87. The molecule has 0 spiro atoms. The highest BCUT2D eigenvalue weighted by atomic mass is 32.1. The van der Waals surface area contributed by atoms with Crippen molar-refractivity contribution in [2.24, 2.45) is 0 Å². The SMILES string of the molecule is c1ccc2cc3sc(-c4c5oc6ccccc6c5c(-c5cc6cc7ccccc7cc6s5)c5oc6ccccc6c45)cc3cc2c1. The topological polar surface area (TPSA) is 26.3 Å². The summed E-state index contributed by atoms with van der Waals surface area (Å²) in [6.45, 7) is 0. The second kappa shape index (κ2) is 9.07. The molecule has 0 fully saturated rings. The largest absolute Gasteiger partial charge is 0.455 e. The van der Waals surface area contributed by atoms with Crippen LogP contribution in [0.1, 0.15) is 0 Å². The number of benzene rings is 7. The number of furan rings is 2. The molecular formula is C42H22O2S2. The van der Waals surface area contributed by atoms with E-state index in [-0.39, 0.29) is 0 Å². The van der Waals surface area contributed by atoms with Crippen LogP contribution in [0, 0.1) is 0 Å². The van der Waals surface area contributed by atoms with E-state index in [0.717, 1.165) is 55.0 Å². The molecule has 7 aromatic carbocycles. The Hall–Kier alpha value is -5.42. The van der Waals surface area contributed by atoms with Gasteiger partial charge >= 0.3 is 0 Å². The lowest BCUT2D eigenvalue weighted by Gasteiger charge is -2.08. The van der Waals surface area contributed by atoms with E-state index in [9.17, 15) is 0 Å². The molecule has 0 saturated carbocycles. The van der Waals surface area contributed by atoms with Crippen molar-refractivity contribution in [3.63, 3.8) is 0 Å². The Morgan fingerprint density at radius 2 is 0.761 bits per heavy atom. The summed E-state index contributed by atoms with van der Waals surface area (Å²) in [6.07, 6.45) is 0. The van der Waals surface area contributed by atoms with Gasteiger partial charge in [0.25, 0.3) is 0 Å². The summed E-state index contributed by atoms with van der Waals surface area (Å²) in [4.78, 5) is 2.36. The van der Waals surface area contributed by atoms with Crippen molar-refractivity contribution >= 4 is 108 Å². The third-order valence-corrected chi connectivity index (χ3v) is 11.6. The molecule has 0 bridgehead atoms. The van der Waals surface area contributed by atoms with Crippen LogP contribution in [0.5, 0.6) is 0 Å². The fourth-order valence-corrected chi connectivity index (χ4v) is 9.62. The molecule has 0 amide bonds. The first kappa shape index (κ1) is 24.8. The Labute approximate surface area is 270 Å². The van der Waals surface area contributed by atoms with Gasteiger partial charge in [-0.3, -0.25) is 0 Å². The quantitative estimate of drug-likeness (QED) is 0.192. The zero-order chi connectivity index (χ0) is 29.9. The molecule has 46 heavy (non-hydrogen) atoms. The van der Waals surface area contributed by atoms with Crippen molar-refractivity contribution in [2.45, 2.75) is 0 Å². The lowest BCUT2D eigenvalue weighted by Crippen LogP contribution is -1.84. The van der Waals surface area contributed by atoms with Crippen LogP contribution >= 0.6 is 22.7 Å². The lowest BCUT2D eigenvalue weighted by atomic mass is 9.95. The van der Waals surface area contributed by atoms with E-state index in [1.807, 2.05) is 22.7 Å². The Morgan fingerprint density at radius 3 is 1.22 bits per heavy atom. The van der Waals surface area contributed by atoms with Gasteiger partial charge in [0, 0.05) is 51.8 Å². The molecule has 0 aliphatic rings. The molecule has 4 aromatic heterocycles. The number of rotatable bonds is 2. The minimum atomic E-state index is 0.885. The van der Waals surface area contributed by atoms with Gasteiger partial charge in [-0.2, -0.15) is 0 Å². The van der Waals surface area contributed by atoms with E-state index in [1.165, 1.54) is 51.5 Å². The van der Waals surface area contributed by atoms with Gasteiger partial charge in [0.1, 0.15) is 22.3 Å². The zero-order valence-corrected chi connectivity index (χ0v) is 26.0. The molecule has 11 rings (SSSR count). The molecule has 0 unspecified atom stereocenters. The predicted molar refractivity (Wildman–Crippen MR) is 198 cm³/mol. The number of thiophene rings is 2. The first-order chi connectivity index (χ1) is 22.8. The minimum absolute atomic E-state index is 0.885. The zero-order valence-electron chi connectivity index (χ0n) is 24.3. The van der Waals surface area contributed by atoms with Crippen molar-refractivity contribution in [2.75, 3.05) is 0 Å². The smallest absolute Gasteiger partial charge is 0.145 e. The van der Waals surface area contributed by atoms with Crippen molar-refractivity contribution < 1.29 is 8.83 Å². The second-order valence-electron chi connectivity index (χ2n) is 12.1. The average molecular weight is 623 g/mol. The molecule has 4 heteroatoms. The molecule has 0 aliphatic carbocycles. The van der Waals surface area contributed by atoms with Gasteiger partial charge in [0.2, 0.25) is 0 Å². The molecule has 0 aliphatic heterocycles. The molecule has 0 radical (unpaired) electrons. The van der Waals surface area contributed by atoms with Crippen LogP contribution in [0.2, 0.25) is 0 Å². The van der Waals surface area contributed by atoms with E-state index < -0.39 is 0 Å². The third-order valence-electron chi connectivity index (χ3n) is 9.41. The van der Waals surface area contributed by atoms with Crippen molar-refractivity contribution in [1.82, 2.24) is 0 Å². The van der Waals surface area contributed by atoms with E-state index in [4.69, 9.17) is 8.83 Å². The van der Waals surface area contributed by atoms with Crippen LogP contribution in [0.15, 0.2) is 142 Å². The predicted octanol–water partition coefficient (Wildman–Crippen LogP) is 13.6. The van der Waals surface area contributed by atoms with E-state index >= 15 is 0 Å². The summed E-state index contributed by atoms with van der Waals surface area (Å²) in [5.74, 6) is 0. The van der Waals surface area contributed by atoms with Gasteiger partial charge in [-0.05, 0) is 80.8 Å². The first-order valence-electron chi connectivity index (χ1n) is 15.4. The summed E-state index contributed by atoms with van der Waals surface area (Å²) in [5.41, 5.74) is 5.80. The van der Waals surface area contributed by atoms with E-state index in [2.05, 4.69) is 133 Å². The van der Waals surface area contributed by atoms with Crippen LogP contribution in [-0.2, 0) is 0 Å². The second-order valence-corrected chi connectivity index (χ2v) is 14.2. The lowest BCUT2D eigenvalue weighted by molar-refractivity contribution is 0.665. The molecule has 0 saturated heterocycles. The van der Waals surface area contributed by atoms with Crippen LogP contribution in [-0.4, -0.2) is 0 Å². The summed E-state index contributed by atoms with van der Waals surface area (Å²) < 4.78 is 16.3. The summed E-state index contributed by atoms with van der Waals surface area (Å²) in [6, 6.07) is 47.9. The number of hydrogen-bond donors (Lipinski definition) is 0. The maximum Gasteiger partial charge on any atom is 0.145 e. The van der Waals surface area contributed by atoms with Crippen molar-refractivity contribution in [3.05, 3.63) is 133 Å². The highest BCUT2D eigenvalue weighted by molar-refractivity contribution is 7.23. The van der Waals surface area contributed by atoms with Gasteiger partial charge in [-0.1, -0.05) is 84.9 Å². The van der Waals surface area contributed by atoms with Crippen LogP contribution in [0.3, 0.4) is 0 Å². The van der Waals surface area contributed by atoms with Gasteiger partial charge in [-0.25, -0.2) is 0 Å². The molecular weight excluding hydrogens is 601 g/mol. The molecule has 4 heterocycles. The van der Waals surface area contributed by atoms with E-state index in [0.29, 0.717) is 0 Å². The molecule has 214 valence electrons. The van der Waals surface area contributed by atoms with Crippen LogP contribution in [0.4, 0.5) is 0 Å². The molecule has 11 aromatic rings. The maximum atomic E-state index is 6.91. The third kappa shape index (κ3) is 3.40. The van der Waals surface area contributed by atoms with Crippen LogP contribution < -0.4 is 0 Å². The minimum Gasteiger partial charge on any atom is -0.455 e. The summed E-state index contributed by atoms with van der Waals surface area (Å²) >= 11 is 3.65. The molecule has 0 N–H and O–H groups in total. The standard InChI is InChI=1S/C42H22O2S2/c1-3-11-25-19-33-27(17-23(25)9-1)21-35(45-33)39-37-29-13-5-7-15-31(29)44-42(37)40(38-30-14-6-8-16-32(30)43-41(38)39)36-22-28-18-24-10-2-4-12-26(24)20-34(28)46-36/h1-22H. The number of hydrogen-bond acceptors (Lipinski definition) is 4. The van der Waals surface area contributed by atoms with Gasteiger partial charge in [-0.15, -0.1) is 22.7 Å². The fourth-order valence-electron chi connectivity index (χ4n) is 7.34.